The zero-order chi connectivity index (χ0) is 15.6. The van der Waals surface area contributed by atoms with Crippen molar-refractivity contribution in [1.82, 2.24) is 14.9 Å². The minimum absolute atomic E-state index is 0.135. The molecule has 2 heterocycles. The van der Waals surface area contributed by atoms with Crippen LogP contribution in [0.5, 0.6) is 0 Å². The number of nitrogens with zero attached hydrogens (tertiary/aromatic N) is 3. The van der Waals surface area contributed by atoms with Gasteiger partial charge in [-0.25, -0.2) is 18.7 Å². The van der Waals surface area contributed by atoms with Gasteiger partial charge < -0.3 is 5.11 Å². The van der Waals surface area contributed by atoms with Crippen LogP contribution in [0.4, 0.5) is 8.78 Å². The van der Waals surface area contributed by atoms with Gasteiger partial charge in [-0.2, -0.15) is 0 Å². The van der Waals surface area contributed by atoms with Crippen LogP contribution in [0.1, 0.15) is 16.3 Å². The van der Waals surface area contributed by atoms with Crippen LogP contribution in [0.2, 0.25) is 5.15 Å². The Hall–Kier alpha value is -0.890. The highest BCUT2D eigenvalue weighted by Crippen LogP contribution is 2.33. The standard InChI is InChI=1S/C13H16ClF2N3OS/c1-7-8(2)21-13-11(7)12(14)17-10(18-13)6-19(3-4-20)5-9(15)16/h9,20H,3-6H2,1-2H3. The molecule has 0 saturated heterocycles. The van der Waals surface area contributed by atoms with Crippen molar-refractivity contribution < 1.29 is 13.9 Å². The lowest BCUT2D eigenvalue weighted by Gasteiger charge is -2.19. The first-order chi connectivity index (χ1) is 9.92. The summed E-state index contributed by atoms with van der Waals surface area (Å²) in [6.45, 7) is 3.59. The molecule has 0 aliphatic rings. The molecule has 1 N–H and O–H groups in total. The topological polar surface area (TPSA) is 49.2 Å². The number of thiophene rings is 1. The maximum atomic E-state index is 12.5. The van der Waals surface area contributed by atoms with Crippen LogP contribution in [-0.4, -0.2) is 46.1 Å². The van der Waals surface area contributed by atoms with Crippen LogP contribution in [0.25, 0.3) is 10.2 Å². The maximum Gasteiger partial charge on any atom is 0.251 e. The molecular formula is C13H16ClF2N3OS. The Labute approximate surface area is 130 Å². The summed E-state index contributed by atoms with van der Waals surface area (Å²) in [4.78, 5) is 11.9. The van der Waals surface area contributed by atoms with Gasteiger partial charge >= 0.3 is 0 Å². The van der Waals surface area contributed by atoms with Gasteiger partial charge in [-0.05, 0) is 19.4 Å². The quantitative estimate of drug-likeness (QED) is 0.824. The molecule has 116 valence electrons. The predicted molar refractivity (Wildman–Crippen MR) is 80.3 cm³/mol. The van der Waals surface area contributed by atoms with Crippen LogP contribution in [-0.2, 0) is 6.54 Å². The first-order valence-corrected chi connectivity index (χ1v) is 7.65. The van der Waals surface area contributed by atoms with Crippen LogP contribution in [0.15, 0.2) is 0 Å². The number of aliphatic hydroxyl groups is 1. The molecular weight excluding hydrogens is 320 g/mol. The van der Waals surface area contributed by atoms with Crippen LogP contribution >= 0.6 is 22.9 Å². The fraction of sp³-hybridized carbons (Fsp3) is 0.538. The van der Waals surface area contributed by atoms with Crippen molar-refractivity contribution in [2.24, 2.45) is 0 Å². The fourth-order valence-corrected chi connectivity index (χ4v) is 3.52. The number of rotatable bonds is 6. The number of aryl methyl sites for hydroxylation is 2. The van der Waals surface area contributed by atoms with Crippen molar-refractivity contribution in [3.63, 3.8) is 0 Å². The second-order valence-electron chi connectivity index (χ2n) is 4.74. The van der Waals surface area contributed by atoms with Crippen molar-refractivity contribution in [1.29, 1.82) is 0 Å². The molecule has 0 aromatic carbocycles. The van der Waals surface area contributed by atoms with Gasteiger partial charge in [-0.15, -0.1) is 11.3 Å². The maximum absolute atomic E-state index is 12.5. The molecule has 2 aromatic heterocycles. The minimum atomic E-state index is -2.47. The van der Waals surface area contributed by atoms with Gasteiger partial charge in [0.05, 0.1) is 25.1 Å². The van der Waals surface area contributed by atoms with Crippen molar-refractivity contribution >= 4 is 33.2 Å². The van der Waals surface area contributed by atoms with E-state index in [-0.39, 0.29) is 19.7 Å². The van der Waals surface area contributed by atoms with Gasteiger partial charge in [0.15, 0.2) is 0 Å². The summed E-state index contributed by atoms with van der Waals surface area (Å²) >= 11 is 7.70. The Bertz CT molecular complexity index is 635. The third kappa shape index (κ3) is 3.85. The van der Waals surface area contributed by atoms with E-state index in [1.54, 1.807) is 0 Å². The lowest BCUT2D eigenvalue weighted by molar-refractivity contribution is 0.0734. The monoisotopic (exact) mass is 335 g/mol. The summed E-state index contributed by atoms with van der Waals surface area (Å²) in [7, 11) is 0. The van der Waals surface area contributed by atoms with E-state index in [1.807, 2.05) is 13.8 Å². The Balaban J connectivity index is 2.29. The van der Waals surface area contributed by atoms with Crippen LogP contribution in [0.3, 0.4) is 0 Å². The normalized spacial score (nSPS) is 12.0. The molecule has 0 bridgehead atoms. The molecule has 0 spiro atoms. The van der Waals surface area contributed by atoms with Crippen molar-refractivity contribution in [2.75, 3.05) is 19.7 Å². The van der Waals surface area contributed by atoms with Gasteiger partial charge in [0.1, 0.15) is 15.8 Å². The average molecular weight is 336 g/mol. The van der Waals surface area contributed by atoms with Crippen molar-refractivity contribution in [3.05, 3.63) is 21.4 Å². The lowest BCUT2D eigenvalue weighted by Crippen LogP contribution is -2.31. The van der Waals surface area contributed by atoms with E-state index in [1.165, 1.54) is 16.2 Å². The highest BCUT2D eigenvalue weighted by Gasteiger charge is 2.17. The summed E-state index contributed by atoms with van der Waals surface area (Å²) in [6.07, 6.45) is -2.47. The number of hydrogen-bond donors (Lipinski definition) is 1. The van der Waals surface area contributed by atoms with E-state index in [4.69, 9.17) is 16.7 Å². The van der Waals surface area contributed by atoms with E-state index in [0.717, 1.165) is 20.7 Å². The number of hydrogen-bond acceptors (Lipinski definition) is 5. The van der Waals surface area contributed by atoms with Gasteiger partial charge in [-0.3, -0.25) is 4.90 Å². The van der Waals surface area contributed by atoms with Crippen LogP contribution in [0, 0.1) is 13.8 Å². The zero-order valence-electron chi connectivity index (χ0n) is 11.7. The molecule has 0 atom stereocenters. The number of alkyl halides is 2. The molecule has 2 rings (SSSR count). The number of halogens is 3. The molecule has 21 heavy (non-hydrogen) atoms. The molecule has 0 aliphatic carbocycles. The minimum Gasteiger partial charge on any atom is -0.395 e. The first kappa shape index (κ1) is 16.5. The molecule has 2 aromatic rings. The molecule has 0 amide bonds. The van der Waals surface area contributed by atoms with E-state index in [2.05, 4.69) is 9.97 Å². The van der Waals surface area contributed by atoms with Crippen molar-refractivity contribution in [3.8, 4) is 0 Å². The van der Waals surface area contributed by atoms with Crippen molar-refractivity contribution in [2.45, 2.75) is 26.8 Å². The zero-order valence-corrected chi connectivity index (χ0v) is 13.3. The Morgan fingerprint density at radius 2 is 2.05 bits per heavy atom. The third-order valence-corrected chi connectivity index (χ3v) is 4.58. The molecule has 4 nitrogen and oxygen atoms in total. The Morgan fingerprint density at radius 3 is 2.67 bits per heavy atom. The summed E-state index contributed by atoms with van der Waals surface area (Å²) < 4.78 is 25.0. The number of fused-ring (bicyclic) bond motifs is 1. The van der Waals surface area contributed by atoms with E-state index in [0.29, 0.717) is 11.0 Å². The molecule has 8 heteroatoms. The smallest absolute Gasteiger partial charge is 0.251 e. The summed E-state index contributed by atoms with van der Waals surface area (Å²) in [5.41, 5.74) is 1.05. The SMILES string of the molecule is Cc1sc2nc(CN(CCO)CC(F)F)nc(Cl)c2c1C. The Morgan fingerprint density at radius 1 is 1.33 bits per heavy atom. The molecule has 0 saturated carbocycles. The van der Waals surface area contributed by atoms with Gasteiger partial charge in [-0.1, -0.05) is 11.6 Å². The summed E-state index contributed by atoms with van der Waals surface area (Å²) in [5.74, 6) is 0.392. The predicted octanol–water partition coefficient (Wildman–Crippen LogP) is 3.02. The average Bonchev–Trinajstić information content (AvgIpc) is 2.64. The van der Waals surface area contributed by atoms with Gasteiger partial charge in [0.25, 0.3) is 6.43 Å². The van der Waals surface area contributed by atoms with Gasteiger partial charge in [0.2, 0.25) is 0 Å². The van der Waals surface area contributed by atoms with Gasteiger partial charge in [0, 0.05) is 11.4 Å². The lowest BCUT2D eigenvalue weighted by atomic mass is 10.2. The molecule has 0 aliphatic heterocycles. The first-order valence-electron chi connectivity index (χ1n) is 6.45. The van der Waals surface area contributed by atoms with Crippen LogP contribution < -0.4 is 0 Å². The van der Waals surface area contributed by atoms with E-state index in [9.17, 15) is 8.78 Å². The second kappa shape index (κ2) is 6.91. The number of aromatic nitrogens is 2. The molecule has 0 fully saturated rings. The molecule has 0 radical (unpaired) electrons. The molecule has 0 unspecified atom stereocenters. The fourth-order valence-electron chi connectivity index (χ4n) is 2.08. The number of aliphatic hydroxyl groups excluding tert-OH is 1. The van der Waals surface area contributed by atoms with E-state index < -0.39 is 13.0 Å². The highest BCUT2D eigenvalue weighted by molar-refractivity contribution is 7.18. The Kier molecular flexibility index (Phi) is 5.43. The largest absolute Gasteiger partial charge is 0.395 e. The highest BCUT2D eigenvalue weighted by atomic mass is 35.5. The second-order valence-corrected chi connectivity index (χ2v) is 6.31. The summed E-state index contributed by atoms with van der Waals surface area (Å²) in [5, 5.41) is 10.1. The van der Waals surface area contributed by atoms with E-state index >= 15 is 0 Å². The third-order valence-electron chi connectivity index (χ3n) is 3.21. The summed E-state index contributed by atoms with van der Waals surface area (Å²) in [6, 6.07) is 0.